The Balaban J connectivity index is 0.00000153. The van der Waals surface area contributed by atoms with Gasteiger partial charge in [-0.15, -0.1) is 0 Å². The summed E-state index contributed by atoms with van der Waals surface area (Å²) in [5.41, 5.74) is 0.248. The fourth-order valence-corrected chi connectivity index (χ4v) is 6.42. The average Bonchev–Trinajstić information content (AvgIpc) is 2.95. The zero-order valence-corrected chi connectivity index (χ0v) is 20.4. The summed E-state index contributed by atoms with van der Waals surface area (Å²) in [4.78, 5) is 18.0. The van der Waals surface area contributed by atoms with Crippen LogP contribution in [-0.2, 0) is 11.0 Å². The number of benzene rings is 2. The maximum atomic E-state index is 13.4. The Kier molecular flexibility index (Phi) is 7.96. The first-order valence-corrected chi connectivity index (χ1v) is 11.6. The van der Waals surface area contributed by atoms with E-state index in [1.807, 2.05) is 24.3 Å². The predicted octanol–water partition coefficient (Wildman–Crippen LogP) is -3.39. The number of nitrogens with two attached hydrogens (primary N) is 1. The van der Waals surface area contributed by atoms with Gasteiger partial charge in [-0.1, -0.05) is 23.9 Å². The number of nitrogens with zero attached hydrogens (tertiary/aromatic N) is 1. The van der Waals surface area contributed by atoms with Gasteiger partial charge in [0.05, 0.1) is 55.0 Å². The molecule has 0 radical (unpaired) electrons. The molecule has 4 nitrogen and oxygen atoms in total. The van der Waals surface area contributed by atoms with Gasteiger partial charge in [-0.05, 0) is 30.3 Å². The molecule has 3 aliphatic rings. The van der Waals surface area contributed by atoms with Crippen LogP contribution in [0.1, 0.15) is 31.2 Å². The van der Waals surface area contributed by atoms with E-state index in [9.17, 15) is 18.0 Å². The molecule has 2 saturated heterocycles. The molecule has 5 rings (SSSR count). The van der Waals surface area contributed by atoms with E-state index in [0.717, 1.165) is 29.9 Å². The molecule has 0 aliphatic carbocycles. The summed E-state index contributed by atoms with van der Waals surface area (Å²) < 4.78 is 40.1. The Morgan fingerprint density at radius 2 is 1.70 bits per heavy atom. The number of fused-ring (bicyclic) bond motifs is 4. The van der Waals surface area contributed by atoms with E-state index in [2.05, 4.69) is 12.4 Å². The lowest BCUT2D eigenvalue weighted by Crippen LogP contribution is -3.17. The molecule has 33 heavy (non-hydrogen) atoms. The minimum absolute atomic E-state index is 0. The van der Waals surface area contributed by atoms with Crippen LogP contribution in [0.3, 0.4) is 0 Å². The first-order chi connectivity index (χ1) is 14.8. The number of quaternary nitrogens is 2. The Labute approximate surface area is 208 Å². The number of anilines is 2. The van der Waals surface area contributed by atoms with Crippen molar-refractivity contribution >= 4 is 29.0 Å². The summed E-state index contributed by atoms with van der Waals surface area (Å²) in [6.07, 6.45) is 0.235. The molecule has 1 amide bonds. The fraction of sp³-hybridized carbons (Fsp3) is 0.435. The number of rotatable bonds is 3. The molecule has 2 bridgehead atoms. The third-order valence-electron chi connectivity index (χ3n) is 7.05. The van der Waals surface area contributed by atoms with Crippen LogP contribution < -0.4 is 39.9 Å². The van der Waals surface area contributed by atoms with Crippen LogP contribution in [-0.4, -0.2) is 37.6 Å². The van der Waals surface area contributed by atoms with Crippen molar-refractivity contribution in [3.63, 3.8) is 0 Å². The monoisotopic (exact) mass is 519 g/mol. The minimum atomic E-state index is -4.45. The van der Waals surface area contributed by atoms with Crippen LogP contribution in [0.4, 0.5) is 24.5 Å². The van der Waals surface area contributed by atoms with Gasteiger partial charge in [-0.2, -0.15) is 13.2 Å². The highest BCUT2D eigenvalue weighted by molar-refractivity contribution is 7.99. The third-order valence-corrected chi connectivity index (χ3v) is 8.18. The van der Waals surface area contributed by atoms with Gasteiger partial charge in [0.2, 0.25) is 0 Å². The molecule has 0 saturated carbocycles. The highest BCUT2D eigenvalue weighted by Crippen LogP contribution is 2.49. The molecule has 2 aromatic carbocycles. The van der Waals surface area contributed by atoms with Gasteiger partial charge in [0.15, 0.2) is 6.54 Å². The molecule has 3 aliphatic heterocycles. The molecule has 2 unspecified atom stereocenters. The van der Waals surface area contributed by atoms with Crippen molar-refractivity contribution in [3.05, 3.63) is 48.0 Å². The zero-order valence-electron chi connectivity index (χ0n) is 18.0. The minimum Gasteiger partial charge on any atom is -1.00 e. The Morgan fingerprint density at radius 3 is 2.36 bits per heavy atom. The van der Waals surface area contributed by atoms with Crippen LogP contribution in [0, 0.1) is 0 Å². The van der Waals surface area contributed by atoms with E-state index in [1.54, 1.807) is 4.90 Å². The van der Waals surface area contributed by atoms with Crippen molar-refractivity contribution in [2.45, 2.75) is 59.8 Å². The van der Waals surface area contributed by atoms with Crippen LogP contribution in [0.15, 0.2) is 52.3 Å². The van der Waals surface area contributed by atoms with Gasteiger partial charge in [-0.25, -0.2) is 0 Å². The number of nitrogens with one attached hydrogen (secondary N) is 1. The summed E-state index contributed by atoms with van der Waals surface area (Å²) in [5, 5.41) is 2.11. The molecule has 180 valence electrons. The van der Waals surface area contributed by atoms with E-state index in [4.69, 9.17) is 0 Å². The number of piperidine rings is 1. The number of hydrogen-bond acceptors (Lipinski definition) is 2. The summed E-state index contributed by atoms with van der Waals surface area (Å²) in [6.45, 7) is 0.234. The van der Waals surface area contributed by atoms with Gasteiger partial charge >= 0.3 is 6.18 Å². The molecule has 3 N–H and O–H groups in total. The highest BCUT2D eigenvalue weighted by Gasteiger charge is 2.44. The molecule has 10 heteroatoms. The maximum Gasteiger partial charge on any atom is 0.416 e. The number of alkyl halides is 3. The number of carbonyl (C=O) groups is 1. The average molecular weight is 520 g/mol. The lowest BCUT2D eigenvalue weighted by atomic mass is 9.98. The lowest BCUT2D eigenvalue weighted by molar-refractivity contribution is -0.930. The topological polar surface area (TPSA) is 41.4 Å². The standard InChI is InChI=1S/C23H24F3N3OS.2ClH/c1-28-16-7-8-17(28)12-15(11-16)27-13-22(30)29-18-4-2-3-5-20(18)31-21-9-6-14(10-19(21)29)23(24,25)26;;/h2-6,9-10,15-17,27H,7-8,11-13H2,1H3;2*1H. The number of amides is 1. The summed E-state index contributed by atoms with van der Waals surface area (Å²) >= 11 is 1.40. The van der Waals surface area contributed by atoms with Crippen LogP contribution >= 0.6 is 11.8 Å². The summed E-state index contributed by atoms with van der Waals surface area (Å²) in [5.74, 6) is -0.174. The molecule has 2 fully saturated rings. The van der Waals surface area contributed by atoms with E-state index in [1.165, 1.54) is 35.6 Å². The fourth-order valence-electron chi connectivity index (χ4n) is 5.38. The van der Waals surface area contributed by atoms with E-state index < -0.39 is 11.7 Å². The van der Waals surface area contributed by atoms with E-state index in [-0.39, 0.29) is 37.3 Å². The Bertz CT molecular complexity index is 1010. The summed E-state index contributed by atoms with van der Waals surface area (Å²) in [7, 11) is 2.27. The predicted molar refractivity (Wildman–Crippen MR) is 113 cm³/mol. The largest absolute Gasteiger partial charge is 1.00 e. The van der Waals surface area contributed by atoms with Crippen LogP contribution in [0.2, 0.25) is 0 Å². The smallest absolute Gasteiger partial charge is 0.416 e. The first kappa shape index (κ1) is 26.2. The first-order valence-electron chi connectivity index (χ1n) is 10.8. The molecule has 2 aromatic rings. The van der Waals surface area contributed by atoms with Crippen molar-refractivity contribution in [2.24, 2.45) is 0 Å². The number of para-hydroxylation sites is 1. The van der Waals surface area contributed by atoms with Crippen molar-refractivity contribution in [1.29, 1.82) is 0 Å². The van der Waals surface area contributed by atoms with Crippen molar-refractivity contribution in [3.8, 4) is 0 Å². The van der Waals surface area contributed by atoms with Crippen molar-refractivity contribution in [1.82, 2.24) is 0 Å². The van der Waals surface area contributed by atoms with Crippen LogP contribution in [0.25, 0.3) is 0 Å². The molecular weight excluding hydrogens is 494 g/mol. The quantitative estimate of drug-likeness (QED) is 0.444. The van der Waals surface area contributed by atoms with E-state index >= 15 is 0 Å². The Morgan fingerprint density at radius 1 is 1.06 bits per heavy atom. The second-order valence-electron chi connectivity index (χ2n) is 8.87. The molecule has 3 heterocycles. The lowest BCUT2D eigenvalue weighted by Gasteiger charge is -2.33. The normalized spacial score (nSPS) is 25.4. The SMILES string of the molecule is C[NH+]1C2CCC1CC([NH2+]CC(=O)N1c3ccccc3Sc3ccc(C(F)(F)F)cc31)C2.[Cl-].[Cl-]. The zero-order chi connectivity index (χ0) is 21.8. The van der Waals surface area contributed by atoms with Gasteiger partial charge < -0.3 is 35.0 Å². The van der Waals surface area contributed by atoms with Crippen molar-refractivity contribution in [2.75, 3.05) is 18.5 Å². The molecular formula is C23H26Cl2F3N3OS. The second-order valence-corrected chi connectivity index (χ2v) is 9.95. The third kappa shape index (κ3) is 5.00. The van der Waals surface area contributed by atoms with Gasteiger partial charge in [0.25, 0.3) is 5.91 Å². The maximum absolute atomic E-state index is 13.4. The van der Waals surface area contributed by atoms with Gasteiger partial charge in [0, 0.05) is 22.6 Å². The highest BCUT2D eigenvalue weighted by atomic mass is 35.5. The number of hydrogen-bond donors (Lipinski definition) is 2. The van der Waals surface area contributed by atoms with Gasteiger partial charge in [-0.3, -0.25) is 9.69 Å². The number of carbonyl (C=O) groups excluding carboxylic acids is 1. The van der Waals surface area contributed by atoms with Crippen LogP contribution in [0.5, 0.6) is 0 Å². The number of halogens is 5. The Hall–Kier alpha value is -1.45. The molecule has 2 atom stereocenters. The van der Waals surface area contributed by atoms with E-state index in [0.29, 0.717) is 34.4 Å². The molecule has 0 aromatic heterocycles. The van der Waals surface area contributed by atoms with Crippen molar-refractivity contribution < 1.29 is 53.0 Å². The summed E-state index contributed by atoms with van der Waals surface area (Å²) in [6, 6.07) is 12.8. The molecule has 0 spiro atoms. The second kappa shape index (κ2) is 10.0. The van der Waals surface area contributed by atoms with Gasteiger partial charge in [0.1, 0.15) is 0 Å².